The van der Waals surface area contributed by atoms with Gasteiger partial charge >= 0.3 is 0 Å². The van der Waals surface area contributed by atoms with Crippen LogP contribution >= 0.6 is 0 Å². The minimum atomic E-state index is 0.805. The van der Waals surface area contributed by atoms with Crippen molar-refractivity contribution in [1.29, 1.82) is 0 Å². The smallest absolute Gasteiger partial charge is 0.123 e. The van der Waals surface area contributed by atoms with E-state index >= 15 is 0 Å². The molecule has 2 aliphatic rings. The highest BCUT2D eigenvalue weighted by Crippen LogP contribution is 2.35. The van der Waals surface area contributed by atoms with Crippen molar-refractivity contribution >= 4 is 0 Å². The molecule has 0 bridgehead atoms. The Morgan fingerprint density at radius 1 is 1.20 bits per heavy atom. The molecule has 1 fully saturated rings. The lowest BCUT2D eigenvalue weighted by Gasteiger charge is -2.26. The highest BCUT2D eigenvalue weighted by Gasteiger charge is 2.19. The van der Waals surface area contributed by atoms with Gasteiger partial charge < -0.3 is 14.2 Å². The minimum absolute atomic E-state index is 0.805. The Morgan fingerprint density at radius 2 is 2.05 bits per heavy atom. The van der Waals surface area contributed by atoms with Crippen molar-refractivity contribution in [2.24, 2.45) is 0 Å². The Bertz CT molecular complexity index is 455. The van der Waals surface area contributed by atoms with Crippen LogP contribution in [0.15, 0.2) is 12.1 Å². The van der Waals surface area contributed by atoms with Crippen LogP contribution in [0, 0.1) is 0 Å². The highest BCUT2D eigenvalue weighted by atomic mass is 16.5. The normalized spacial score (nSPS) is 18.6. The van der Waals surface area contributed by atoms with Crippen molar-refractivity contribution < 1.29 is 14.2 Å². The molecule has 0 saturated carbocycles. The summed E-state index contributed by atoms with van der Waals surface area (Å²) in [4.78, 5) is 2.48. The summed E-state index contributed by atoms with van der Waals surface area (Å²) in [6.07, 6.45) is 3.24. The van der Waals surface area contributed by atoms with Gasteiger partial charge in [0.15, 0.2) is 0 Å². The third kappa shape index (κ3) is 2.91. The number of hydrogen-bond acceptors (Lipinski definition) is 4. The quantitative estimate of drug-likeness (QED) is 0.822. The number of benzene rings is 1. The Hall–Kier alpha value is -1.26. The van der Waals surface area contributed by atoms with E-state index in [-0.39, 0.29) is 0 Å². The number of morpholine rings is 1. The summed E-state index contributed by atoms with van der Waals surface area (Å²) in [5, 5.41) is 0. The summed E-state index contributed by atoms with van der Waals surface area (Å²) in [5.74, 6) is 2.06. The van der Waals surface area contributed by atoms with Gasteiger partial charge in [0.05, 0.1) is 26.9 Å². The standard InChI is InChI=1S/C16H23NO3/c1-18-15-4-5-16-14(6-10-20-16)13(15)3-2-7-17-8-11-19-12-9-17/h4-5H,2-3,6-12H2,1H3. The molecule has 2 heterocycles. The molecule has 0 unspecified atom stereocenters. The van der Waals surface area contributed by atoms with E-state index in [1.165, 1.54) is 11.1 Å². The van der Waals surface area contributed by atoms with Gasteiger partial charge in [0.1, 0.15) is 11.5 Å². The lowest BCUT2D eigenvalue weighted by molar-refractivity contribution is 0.0374. The van der Waals surface area contributed by atoms with E-state index in [1.54, 1.807) is 7.11 Å². The topological polar surface area (TPSA) is 30.9 Å². The maximum absolute atomic E-state index is 5.65. The van der Waals surface area contributed by atoms with Gasteiger partial charge in [-0.05, 0) is 31.5 Å². The zero-order valence-corrected chi connectivity index (χ0v) is 12.2. The van der Waals surface area contributed by atoms with Gasteiger partial charge in [-0.3, -0.25) is 4.90 Å². The van der Waals surface area contributed by atoms with Crippen LogP contribution in [0.3, 0.4) is 0 Å². The van der Waals surface area contributed by atoms with Crippen molar-refractivity contribution in [2.45, 2.75) is 19.3 Å². The lowest BCUT2D eigenvalue weighted by atomic mass is 9.99. The molecule has 4 heteroatoms. The summed E-state index contributed by atoms with van der Waals surface area (Å²) < 4.78 is 16.6. The number of rotatable bonds is 5. The molecule has 2 aliphatic heterocycles. The second-order valence-electron chi connectivity index (χ2n) is 5.38. The summed E-state index contributed by atoms with van der Waals surface area (Å²) in [6.45, 7) is 5.81. The first-order chi connectivity index (χ1) is 9.88. The van der Waals surface area contributed by atoms with Crippen molar-refractivity contribution in [3.05, 3.63) is 23.3 Å². The first-order valence-electron chi connectivity index (χ1n) is 7.50. The van der Waals surface area contributed by atoms with Crippen LogP contribution in [-0.2, 0) is 17.6 Å². The number of ether oxygens (including phenoxy) is 3. The molecule has 0 N–H and O–H groups in total. The van der Waals surface area contributed by atoms with Gasteiger partial charge in [-0.15, -0.1) is 0 Å². The molecule has 0 spiro atoms. The average molecular weight is 277 g/mol. The van der Waals surface area contributed by atoms with Gasteiger partial charge in [-0.2, -0.15) is 0 Å². The molecule has 0 aliphatic carbocycles. The van der Waals surface area contributed by atoms with Crippen LogP contribution in [-0.4, -0.2) is 51.5 Å². The molecule has 0 aromatic heterocycles. The maximum Gasteiger partial charge on any atom is 0.123 e. The van der Waals surface area contributed by atoms with Crippen molar-refractivity contribution in [2.75, 3.05) is 46.6 Å². The average Bonchev–Trinajstić information content (AvgIpc) is 2.97. The van der Waals surface area contributed by atoms with Crippen LogP contribution in [0.2, 0.25) is 0 Å². The zero-order valence-electron chi connectivity index (χ0n) is 12.2. The predicted octanol–water partition coefficient (Wildman–Crippen LogP) is 1.89. The van der Waals surface area contributed by atoms with Crippen LogP contribution in [0.25, 0.3) is 0 Å². The summed E-state index contributed by atoms with van der Waals surface area (Å²) in [6, 6.07) is 4.07. The number of nitrogens with zero attached hydrogens (tertiary/aromatic N) is 1. The van der Waals surface area contributed by atoms with Crippen LogP contribution in [0.4, 0.5) is 0 Å². The predicted molar refractivity (Wildman–Crippen MR) is 77.8 cm³/mol. The molecule has 1 saturated heterocycles. The molecule has 110 valence electrons. The highest BCUT2D eigenvalue weighted by molar-refractivity contribution is 5.50. The lowest BCUT2D eigenvalue weighted by Crippen LogP contribution is -2.36. The summed E-state index contributed by atoms with van der Waals surface area (Å²) in [5.41, 5.74) is 2.70. The Balaban J connectivity index is 1.63. The van der Waals surface area contributed by atoms with E-state index in [0.29, 0.717) is 0 Å². The molecule has 0 atom stereocenters. The maximum atomic E-state index is 5.65. The number of hydrogen-bond donors (Lipinski definition) is 0. The molecular weight excluding hydrogens is 254 g/mol. The first-order valence-corrected chi connectivity index (χ1v) is 7.50. The monoisotopic (exact) mass is 277 g/mol. The molecule has 20 heavy (non-hydrogen) atoms. The van der Waals surface area contributed by atoms with Gasteiger partial charge in [-0.1, -0.05) is 0 Å². The fourth-order valence-corrected chi connectivity index (χ4v) is 3.09. The molecule has 4 nitrogen and oxygen atoms in total. The number of methoxy groups -OCH3 is 1. The molecule has 3 rings (SSSR count). The van der Waals surface area contributed by atoms with Crippen LogP contribution in [0.5, 0.6) is 11.5 Å². The Labute approximate surface area is 120 Å². The molecule has 0 amide bonds. The van der Waals surface area contributed by atoms with E-state index in [4.69, 9.17) is 14.2 Å². The third-order valence-electron chi connectivity index (χ3n) is 4.18. The fraction of sp³-hybridized carbons (Fsp3) is 0.625. The first kappa shape index (κ1) is 13.7. The number of fused-ring (bicyclic) bond motifs is 1. The zero-order chi connectivity index (χ0) is 13.8. The van der Waals surface area contributed by atoms with Gasteiger partial charge in [-0.25, -0.2) is 0 Å². The minimum Gasteiger partial charge on any atom is -0.496 e. The summed E-state index contributed by atoms with van der Waals surface area (Å²) >= 11 is 0. The van der Waals surface area contributed by atoms with E-state index in [2.05, 4.69) is 4.90 Å². The largest absolute Gasteiger partial charge is 0.496 e. The third-order valence-corrected chi connectivity index (χ3v) is 4.18. The van der Waals surface area contributed by atoms with Crippen molar-refractivity contribution in [1.82, 2.24) is 4.90 Å². The van der Waals surface area contributed by atoms with E-state index in [1.807, 2.05) is 12.1 Å². The fourth-order valence-electron chi connectivity index (χ4n) is 3.09. The van der Waals surface area contributed by atoms with Crippen molar-refractivity contribution in [3.8, 4) is 11.5 Å². The molecule has 0 radical (unpaired) electrons. The summed E-state index contributed by atoms with van der Waals surface area (Å²) in [7, 11) is 1.75. The molecule has 1 aromatic carbocycles. The SMILES string of the molecule is COc1ccc2c(c1CCCN1CCOCC1)CCO2. The van der Waals surface area contributed by atoms with E-state index in [9.17, 15) is 0 Å². The van der Waals surface area contributed by atoms with Gasteiger partial charge in [0.2, 0.25) is 0 Å². The van der Waals surface area contributed by atoms with E-state index in [0.717, 1.165) is 70.2 Å². The Morgan fingerprint density at radius 3 is 2.85 bits per heavy atom. The van der Waals surface area contributed by atoms with Crippen LogP contribution in [0.1, 0.15) is 17.5 Å². The van der Waals surface area contributed by atoms with Crippen LogP contribution < -0.4 is 9.47 Å². The molecular formula is C16H23NO3. The second-order valence-corrected chi connectivity index (χ2v) is 5.38. The van der Waals surface area contributed by atoms with Gasteiger partial charge in [0, 0.05) is 30.6 Å². The Kier molecular flexibility index (Phi) is 4.43. The van der Waals surface area contributed by atoms with E-state index < -0.39 is 0 Å². The molecule has 1 aromatic rings. The second kappa shape index (κ2) is 6.46. The van der Waals surface area contributed by atoms with Gasteiger partial charge in [0.25, 0.3) is 0 Å². The van der Waals surface area contributed by atoms with Crippen molar-refractivity contribution in [3.63, 3.8) is 0 Å².